The van der Waals surface area contributed by atoms with Crippen LogP contribution in [0.4, 0.5) is 5.69 Å². The molecular formula is C13H23N3O2. The van der Waals surface area contributed by atoms with Crippen molar-refractivity contribution in [1.82, 2.24) is 9.78 Å². The summed E-state index contributed by atoms with van der Waals surface area (Å²) in [6.45, 7) is 4.72. The SMILES string of the molecule is CCCCC(CC)COC(=O)c1nn(C)cc1N. The monoisotopic (exact) mass is 253 g/mol. The Morgan fingerprint density at radius 2 is 2.28 bits per heavy atom. The number of esters is 1. The van der Waals surface area contributed by atoms with Crippen LogP contribution in [0.3, 0.4) is 0 Å². The Kier molecular flexibility index (Phi) is 5.68. The van der Waals surface area contributed by atoms with E-state index in [0.717, 1.165) is 19.3 Å². The van der Waals surface area contributed by atoms with Crippen LogP contribution in [-0.4, -0.2) is 22.4 Å². The van der Waals surface area contributed by atoms with E-state index >= 15 is 0 Å². The van der Waals surface area contributed by atoms with E-state index in [1.807, 2.05) is 0 Å². The van der Waals surface area contributed by atoms with Crippen molar-refractivity contribution in [1.29, 1.82) is 0 Å². The highest BCUT2D eigenvalue weighted by molar-refractivity contribution is 5.92. The van der Waals surface area contributed by atoms with E-state index in [4.69, 9.17) is 10.5 Å². The van der Waals surface area contributed by atoms with Crippen molar-refractivity contribution >= 4 is 11.7 Å². The van der Waals surface area contributed by atoms with Crippen LogP contribution in [0.2, 0.25) is 0 Å². The predicted molar refractivity (Wildman–Crippen MR) is 71.2 cm³/mol. The van der Waals surface area contributed by atoms with E-state index in [-0.39, 0.29) is 5.69 Å². The lowest BCUT2D eigenvalue weighted by atomic mass is 10.0. The molecular weight excluding hydrogens is 230 g/mol. The Labute approximate surface area is 108 Å². The van der Waals surface area contributed by atoms with Crippen molar-refractivity contribution in [3.63, 3.8) is 0 Å². The molecule has 2 N–H and O–H groups in total. The third kappa shape index (κ3) is 4.05. The molecule has 0 saturated heterocycles. The second-order valence-corrected chi connectivity index (χ2v) is 4.62. The number of nitrogens with two attached hydrogens (primary N) is 1. The molecule has 0 fully saturated rings. The van der Waals surface area contributed by atoms with Crippen LogP contribution in [0.1, 0.15) is 50.0 Å². The number of nitrogen functional groups attached to an aromatic ring is 1. The number of hydrogen-bond donors (Lipinski definition) is 1. The van der Waals surface area contributed by atoms with Gasteiger partial charge in [-0.15, -0.1) is 0 Å². The topological polar surface area (TPSA) is 70.1 Å². The minimum atomic E-state index is -0.428. The van der Waals surface area contributed by atoms with Crippen molar-refractivity contribution < 1.29 is 9.53 Å². The maximum absolute atomic E-state index is 11.8. The number of ether oxygens (including phenoxy) is 1. The molecule has 0 aliphatic rings. The number of aromatic nitrogens is 2. The summed E-state index contributed by atoms with van der Waals surface area (Å²) in [5.41, 5.74) is 6.25. The Balaban J connectivity index is 2.47. The van der Waals surface area contributed by atoms with Crippen LogP contribution in [0.25, 0.3) is 0 Å². The molecule has 1 atom stereocenters. The van der Waals surface area contributed by atoms with Gasteiger partial charge in [0.25, 0.3) is 0 Å². The second-order valence-electron chi connectivity index (χ2n) is 4.62. The minimum Gasteiger partial charge on any atom is -0.461 e. The first-order chi connectivity index (χ1) is 8.58. The van der Waals surface area contributed by atoms with E-state index in [1.54, 1.807) is 13.2 Å². The van der Waals surface area contributed by atoms with Gasteiger partial charge >= 0.3 is 5.97 Å². The average molecular weight is 253 g/mol. The van der Waals surface area contributed by atoms with Gasteiger partial charge in [0.15, 0.2) is 5.69 Å². The zero-order valence-electron chi connectivity index (χ0n) is 11.5. The van der Waals surface area contributed by atoms with Crippen molar-refractivity contribution in [2.75, 3.05) is 12.3 Å². The summed E-state index contributed by atoms with van der Waals surface area (Å²) < 4.78 is 6.79. The van der Waals surface area contributed by atoms with Gasteiger partial charge in [-0.25, -0.2) is 4.79 Å². The van der Waals surface area contributed by atoms with E-state index < -0.39 is 5.97 Å². The summed E-state index contributed by atoms with van der Waals surface area (Å²) in [5.74, 6) is 0.00175. The summed E-state index contributed by atoms with van der Waals surface area (Å²) in [6.07, 6.45) is 6.05. The predicted octanol–water partition coefficient (Wildman–Crippen LogP) is 2.38. The molecule has 1 unspecified atom stereocenters. The minimum absolute atomic E-state index is 0.211. The number of hydrogen-bond acceptors (Lipinski definition) is 4. The van der Waals surface area contributed by atoms with Crippen molar-refractivity contribution in [3.8, 4) is 0 Å². The molecule has 0 aromatic carbocycles. The fourth-order valence-electron chi connectivity index (χ4n) is 1.83. The van der Waals surface area contributed by atoms with Gasteiger partial charge in [0.05, 0.1) is 12.3 Å². The van der Waals surface area contributed by atoms with Gasteiger partial charge in [-0.1, -0.05) is 33.1 Å². The molecule has 0 aliphatic carbocycles. The van der Waals surface area contributed by atoms with Crippen LogP contribution >= 0.6 is 0 Å². The van der Waals surface area contributed by atoms with E-state index in [1.165, 1.54) is 11.1 Å². The van der Waals surface area contributed by atoms with Gasteiger partial charge in [-0.05, 0) is 12.3 Å². The molecule has 0 saturated carbocycles. The van der Waals surface area contributed by atoms with Crippen LogP contribution in [0, 0.1) is 5.92 Å². The van der Waals surface area contributed by atoms with E-state index in [9.17, 15) is 4.79 Å². The Hall–Kier alpha value is -1.52. The molecule has 5 heteroatoms. The highest BCUT2D eigenvalue weighted by atomic mass is 16.5. The molecule has 5 nitrogen and oxygen atoms in total. The fourth-order valence-corrected chi connectivity index (χ4v) is 1.83. The summed E-state index contributed by atoms with van der Waals surface area (Å²) >= 11 is 0. The van der Waals surface area contributed by atoms with Crippen LogP contribution in [0.15, 0.2) is 6.20 Å². The molecule has 102 valence electrons. The van der Waals surface area contributed by atoms with Gasteiger partial charge in [0.1, 0.15) is 0 Å². The summed E-state index contributed by atoms with van der Waals surface area (Å²) in [7, 11) is 1.73. The van der Waals surface area contributed by atoms with Crippen LogP contribution in [-0.2, 0) is 11.8 Å². The molecule has 1 aromatic heterocycles. The van der Waals surface area contributed by atoms with Gasteiger partial charge in [-0.2, -0.15) is 5.10 Å². The average Bonchev–Trinajstić information content (AvgIpc) is 2.68. The maximum atomic E-state index is 11.8. The number of aryl methyl sites for hydroxylation is 1. The van der Waals surface area contributed by atoms with Gasteiger partial charge in [0.2, 0.25) is 0 Å². The number of anilines is 1. The quantitative estimate of drug-likeness (QED) is 0.757. The highest BCUT2D eigenvalue weighted by Gasteiger charge is 2.17. The third-order valence-corrected chi connectivity index (χ3v) is 3.04. The first-order valence-corrected chi connectivity index (χ1v) is 6.54. The second kappa shape index (κ2) is 7.03. The third-order valence-electron chi connectivity index (χ3n) is 3.04. The summed E-state index contributed by atoms with van der Waals surface area (Å²) in [6, 6.07) is 0. The van der Waals surface area contributed by atoms with Gasteiger partial charge in [-0.3, -0.25) is 4.68 Å². The lowest BCUT2D eigenvalue weighted by Gasteiger charge is -2.14. The molecule has 18 heavy (non-hydrogen) atoms. The molecule has 0 aliphatic heterocycles. The van der Waals surface area contributed by atoms with Crippen molar-refractivity contribution in [2.24, 2.45) is 13.0 Å². The number of nitrogens with zero attached hydrogens (tertiary/aromatic N) is 2. The smallest absolute Gasteiger partial charge is 0.361 e. The fraction of sp³-hybridized carbons (Fsp3) is 0.692. The van der Waals surface area contributed by atoms with Crippen molar-refractivity contribution in [2.45, 2.75) is 39.5 Å². The number of unbranched alkanes of at least 4 members (excludes halogenated alkanes) is 1. The number of rotatable bonds is 7. The summed E-state index contributed by atoms with van der Waals surface area (Å²) in [5, 5.41) is 3.99. The normalized spacial score (nSPS) is 12.4. The van der Waals surface area contributed by atoms with Gasteiger partial charge in [0, 0.05) is 13.2 Å². The van der Waals surface area contributed by atoms with Gasteiger partial charge < -0.3 is 10.5 Å². The van der Waals surface area contributed by atoms with Crippen LogP contribution < -0.4 is 5.73 Å². The molecule has 1 heterocycles. The Bertz CT molecular complexity index is 388. The summed E-state index contributed by atoms with van der Waals surface area (Å²) in [4.78, 5) is 11.8. The number of carbonyl (C=O) groups is 1. The largest absolute Gasteiger partial charge is 0.461 e. The zero-order chi connectivity index (χ0) is 13.5. The highest BCUT2D eigenvalue weighted by Crippen LogP contribution is 2.15. The first-order valence-electron chi connectivity index (χ1n) is 6.54. The maximum Gasteiger partial charge on any atom is 0.361 e. The lowest BCUT2D eigenvalue weighted by Crippen LogP contribution is -2.15. The zero-order valence-corrected chi connectivity index (χ0v) is 11.5. The molecule has 1 rings (SSSR count). The molecule has 0 bridgehead atoms. The number of carbonyl (C=O) groups excluding carboxylic acids is 1. The standard InChI is InChI=1S/C13H23N3O2/c1-4-6-7-10(5-2)9-18-13(17)12-11(14)8-16(3)15-12/h8,10H,4-7,9,14H2,1-3H3. The molecule has 1 aromatic rings. The molecule has 0 spiro atoms. The lowest BCUT2D eigenvalue weighted by molar-refractivity contribution is 0.0421. The Morgan fingerprint density at radius 1 is 1.56 bits per heavy atom. The molecule has 0 radical (unpaired) electrons. The van der Waals surface area contributed by atoms with E-state index in [2.05, 4.69) is 18.9 Å². The van der Waals surface area contributed by atoms with Crippen LogP contribution in [0.5, 0.6) is 0 Å². The van der Waals surface area contributed by atoms with Crippen molar-refractivity contribution in [3.05, 3.63) is 11.9 Å². The molecule has 0 amide bonds. The Morgan fingerprint density at radius 3 is 2.78 bits per heavy atom. The van der Waals surface area contributed by atoms with E-state index in [0.29, 0.717) is 18.2 Å². The first kappa shape index (κ1) is 14.5.